The van der Waals surface area contributed by atoms with Crippen LogP contribution in [-0.2, 0) is 9.59 Å². The summed E-state index contributed by atoms with van der Waals surface area (Å²) in [7, 11) is 0. The van der Waals surface area contributed by atoms with Crippen molar-refractivity contribution in [3.05, 3.63) is 53.2 Å². The quantitative estimate of drug-likeness (QED) is 0.766. The summed E-state index contributed by atoms with van der Waals surface area (Å²) < 4.78 is 27.2. The first-order chi connectivity index (χ1) is 13.9. The van der Waals surface area contributed by atoms with Gasteiger partial charge in [-0.25, -0.2) is 13.8 Å². The van der Waals surface area contributed by atoms with Crippen LogP contribution >= 0.6 is 11.6 Å². The molecule has 0 saturated carbocycles. The number of halogens is 3. The minimum Gasteiger partial charge on any atom is -0.353 e. The zero-order chi connectivity index (χ0) is 20.5. The summed E-state index contributed by atoms with van der Waals surface area (Å²) in [5.41, 5.74) is 0.00494. The summed E-state index contributed by atoms with van der Waals surface area (Å²) in [6.07, 6.45) is 1.61. The molecule has 0 N–H and O–H groups in total. The molecule has 2 aliphatic rings. The highest BCUT2D eigenvalue weighted by atomic mass is 35.5. The first-order valence-electron chi connectivity index (χ1n) is 9.33. The topological polar surface area (TPSA) is 56.8 Å². The molecule has 6 nitrogen and oxygen atoms in total. The average Bonchev–Trinajstić information content (AvgIpc) is 3.09. The van der Waals surface area contributed by atoms with Crippen LogP contribution in [0.5, 0.6) is 0 Å². The highest BCUT2D eigenvalue weighted by Crippen LogP contribution is 2.29. The van der Waals surface area contributed by atoms with Crippen LogP contribution in [0.25, 0.3) is 0 Å². The Labute approximate surface area is 171 Å². The molecule has 29 heavy (non-hydrogen) atoms. The first-order valence-corrected chi connectivity index (χ1v) is 9.71. The summed E-state index contributed by atoms with van der Waals surface area (Å²) in [5, 5.41) is 0.565. The molecule has 4 rings (SSSR count). The minimum atomic E-state index is -0.810. The van der Waals surface area contributed by atoms with Crippen LogP contribution in [-0.4, -0.2) is 54.4 Å². The number of hydrogen-bond acceptors (Lipinski definition) is 4. The molecule has 2 fully saturated rings. The van der Waals surface area contributed by atoms with E-state index in [4.69, 9.17) is 11.6 Å². The highest BCUT2D eigenvalue weighted by Gasteiger charge is 2.38. The molecule has 0 radical (unpaired) electrons. The first kappa shape index (κ1) is 19.6. The van der Waals surface area contributed by atoms with Gasteiger partial charge in [-0.05, 0) is 24.3 Å². The SMILES string of the molecule is O=C(C1CC(=O)N(c2ccc(F)cc2F)C1)N1CCN(c2ccc(Cl)cn2)CC1. The third-order valence-corrected chi connectivity index (χ3v) is 5.53. The third-order valence-electron chi connectivity index (χ3n) is 5.30. The van der Waals surface area contributed by atoms with Gasteiger partial charge in [0.1, 0.15) is 17.5 Å². The fourth-order valence-corrected chi connectivity index (χ4v) is 3.89. The Kier molecular flexibility index (Phi) is 5.36. The van der Waals surface area contributed by atoms with Gasteiger partial charge >= 0.3 is 0 Å². The van der Waals surface area contributed by atoms with Gasteiger partial charge in [-0.1, -0.05) is 11.6 Å². The standard InChI is InChI=1S/C20H19ClF2N4O2/c21-14-1-4-18(24-11-14)25-5-7-26(8-6-25)20(29)13-9-19(28)27(12-13)17-3-2-15(22)10-16(17)23/h1-4,10-11,13H,5-9,12H2. The van der Waals surface area contributed by atoms with E-state index in [2.05, 4.69) is 9.88 Å². The zero-order valence-electron chi connectivity index (χ0n) is 15.5. The van der Waals surface area contributed by atoms with E-state index in [1.165, 1.54) is 11.0 Å². The molecule has 9 heteroatoms. The highest BCUT2D eigenvalue weighted by molar-refractivity contribution is 6.30. The van der Waals surface area contributed by atoms with Gasteiger partial charge in [0.15, 0.2) is 0 Å². The number of hydrogen-bond donors (Lipinski definition) is 0. The fourth-order valence-electron chi connectivity index (χ4n) is 3.78. The molecular formula is C20H19ClF2N4O2. The van der Waals surface area contributed by atoms with Gasteiger partial charge in [-0.2, -0.15) is 0 Å². The normalized spacial score (nSPS) is 19.8. The summed E-state index contributed by atoms with van der Waals surface area (Å²) in [6.45, 7) is 2.37. The maximum atomic E-state index is 14.0. The molecule has 0 spiro atoms. The van der Waals surface area contributed by atoms with Gasteiger partial charge in [-0.15, -0.1) is 0 Å². The average molecular weight is 421 g/mol. The van der Waals surface area contributed by atoms with Crippen molar-refractivity contribution in [3.63, 3.8) is 0 Å². The van der Waals surface area contributed by atoms with Crippen molar-refractivity contribution in [3.8, 4) is 0 Å². The van der Waals surface area contributed by atoms with E-state index in [-0.39, 0.29) is 30.5 Å². The number of benzene rings is 1. The number of pyridine rings is 1. The van der Waals surface area contributed by atoms with E-state index in [0.29, 0.717) is 31.2 Å². The number of carbonyl (C=O) groups excluding carboxylic acids is 2. The van der Waals surface area contributed by atoms with Gasteiger partial charge < -0.3 is 14.7 Å². The lowest BCUT2D eigenvalue weighted by Crippen LogP contribution is -2.51. The lowest BCUT2D eigenvalue weighted by molar-refractivity contribution is -0.136. The zero-order valence-corrected chi connectivity index (χ0v) is 16.3. The number of aromatic nitrogens is 1. The van der Waals surface area contributed by atoms with Crippen molar-refractivity contribution in [1.82, 2.24) is 9.88 Å². The van der Waals surface area contributed by atoms with Crippen molar-refractivity contribution in [1.29, 1.82) is 0 Å². The number of nitrogens with zero attached hydrogens (tertiary/aromatic N) is 4. The number of piperazine rings is 1. The van der Waals surface area contributed by atoms with E-state index < -0.39 is 17.6 Å². The second-order valence-corrected chi connectivity index (χ2v) is 7.58. The Hall–Kier alpha value is -2.74. The fraction of sp³-hybridized carbons (Fsp3) is 0.350. The number of carbonyl (C=O) groups is 2. The van der Waals surface area contributed by atoms with E-state index in [1.807, 2.05) is 6.07 Å². The molecule has 152 valence electrons. The molecule has 1 aromatic heterocycles. The second kappa shape index (κ2) is 7.94. The largest absolute Gasteiger partial charge is 0.353 e. The Balaban J connectivity index is 1.38. The second-order valence-electron chi connectivity index (χ2n) is 7.15. The molecule has 0 aliphatic carbocycles. The van der Waals surface area contributed by atoms with Crippen LogP contribution in [0.2, 0.25) is 5.02 Å². The van der Waals surface area contributed by atoms with Gasteiger partial charge in [-0.3, -0.25) is 9.59 Å². The van der Waals surface area contributed by atoms with E-state index in [1.54, 1.807) is 17.2 Å². The predicted molar refractivity (Wildman–Crippen MR) is 105 cm³/mol. The Morgan fingerprint density at radius 3 is 2.52 bits per heavy atom. The molecular weight excluding hydrogens is 402 g/mol. The van der Waals surface area contributed by atoms with Gasteiger partial charge in [0, 0.05) is 51.4 Å². The van der Waals surface area contributed by atoms with Gasteiger partial charge in [0.05, 0.1) is 16.6 Å². The van der Waals surface area contributed by atoms with Crippen LogP contribution < -0.4 is 9.80 Å². The Morgan fingerprint density at radius 2 is 1.86 bits per heavy atom. The van der Waals surface area contributed by atoms with Crippen LogP contribution in [0.15, 0.2) is 36.5 Å². The van der Waals surface area contributed by atoms with Gasteiger partial charge in [0.2, 0.25) is 11.8 Å². The summed E-state index contributed by atoms with van der Waals surface area (Å²) in [6, 6.07) is 6.68. The van der Waals surface area contributed by atoms with Crippen molar-refractivity contribution in [2.24, 2.45) is 5.92 Å². The van der Waals surface area contributed by atoms with Crippen LogP contribution in [0, 0.1) is 17.6 Å². The molecule has 1 atom stereocenters. The third kappa shape index (κ3) is 4.03. The lowest BCUT2D eigenvalue weighted by atomic mass is 10.1. The van der Waals surface area contributed by atoms with E-state index >= 15 is 0 Å². The van der Waals surface area contributed by atoms with Crippen LogP contribution in [0.1, 0.15) is 6.42 Å². The monoisotopic (exact) mass is 420 g/mol. The molecule has 2 amide bonds. The molecule has 1 unspecified atom stereocenters. The summed E-state index contributed by atoms with van der Waals surface area (Å²) in [5.74, 6) is -1.71. The van der Waals surface area contributed by atoms with Gasteiger partial charge in [0.25, 0.3) is 0 Å². The van der Waals surface area contributed by atoms with E-state index in [0.717, 1.165) is 18.0 Å². The lowest BCUT2D eigenvalue weighted by Gasteiger charge is -2.36. The van der Waals surface area contributed by atoms with Crippen molar-refractivity contribution in [2.75, 3.05) is 42.5 Å². The Bertz CT molecular complexity index is 933. The Morgan fingerprint density at radius 1 is 1.10 bits per heavy atom. The van der Waals surface area contributed by atoms with Crippen LogP contribution in [0.3, 0.4) is 0 Å². The van der Waals surface area contributed by atoms with Crippen molar-refractivity contribution < 1.29 is 18.4 Å². The summed E-state index contributed by atoms with van der Waals surface area (Å²) in [4.78, 5) is 34.6. The molecule has 2 aliphatic heterocycles. The van der Waals surface area contributed by atoms with E-state index in [9.17, 15) is 18.4 Å². The maximum Gasteiger partial charge on any atom is 0.228 e. The smallest absolute Gasteiger partial charge is 0.228 e. The number of rotatable bonds is 3. The molecule has 2 saturated heterocycles. The number of amides is 2. The van der Waals surface area contributed by atoms with Crippen molar-refractivity contribution in [2.45, 2.75) is 6.42 Å². The maximum absolute atomic E-state index is 14.0. The molecule has 2 aromatic rings. The predicted octanol–water partition coefficient (Wildman–Crippen LogP) is 2.71. The summed E-state index contributed by atoms with van der Waals surface area (Å²) >= 11 is 5.87. The van der Waals surface area contributed by atoms with Crippen LogP contribution in [0.4, 0.5) is 20.3 Å². The minimum absolute atomic E-state index is 0.00494. The van der Waals surface area contributed by atoms with Crippen molar-refractivity contribution >= 4 is 34.9 Å². The number of anilines is 2. The molecule has 3 heterocycles. The molecule has 0 bridgehead atoms. The molecule has 1 aromatic carbocycles.